The molecule has 1 aromatic carbocycles. The topological polar surface area (TPSA) is 121 Å². The Hall–Kier alpha value is -2.13. The molecule has 0 aliphatic carbocycles. The van der Waals surface area contributed by atoms with E-state index in [0.717, 1.165) is 0 Å². The summed E-state index contributed by atoms with van der Waals surface area (Å²) in [7, 11) is -2.71. The third-order valence-corrected chi connectivity index (χ3v) is 4.22. The Balaban J connectivity index is 2.36. The number of carbonyl (C=O) groups is 1. The van der Waals surface area contributed by atoms with Crippen molar-refractivity contribution >= 4 is 27.0 Å². The van der Waals surface area contributed by atoms with Gasteiger partial charge in [0.1, 0.15) is 6.04 Å². The number of hydrogen-bond acceptors (Lipinski definition) is 5. The number of H-pyrrole nitrogens is 2. The molecule has 2 aromatic rings. The van der Waals surface area contributed by atoms with Crippen molar-refractivity contribution in [2.45, 2.75) is 17.9 Å². The lowest BCUT2D eigenvalue weighted by Gasteiger charge is -2.12. The van der Waals surface area contributed by atoms with E-state index in [1.807, 2.05) is 0 Å². The fourth-order valence-electron chi connectivity index (χ4n) is 1.70. The van der Waals surface area contributed by atoms with Crippen molar-refractivity contribution in [1.29, 1.82) is 0 Å². The van der Waals surface area contributed by atoms with Gasteiger partial charge < -0.3 is 14.7 Å². The van der Waals surface area contributed by atoms with Crippen LogP contribution in [0.1, 0.15) is 6.92 Å². The van der Waals surface area contributed by atoms with E-state index >= 15 is 0 Å². The van der Waals surface area contributed by atoms with Crippen LogP contribution in [0.5, 0.6) is 0 Å². The van der Waals surface area contributed by atoms with Crippen LogP contribution in [0.3, 0.4) is 0 Å². The van der Waals surface area contributed by atoms with Crippen molar-refractivity contribution in [3.63, 3.8) is 0 Å². The van der Waals surface area contributed by atoms with Gasteiger partial charge in [0.2, 0.25) is 10.0 Å². The van der Waals surface area contributed by atoms with E-state index in [1.165, 1.54) is 32.2 Å². The van der Waals surface area contributed by atoms with Gasteiger partial charge in [-0.3, -0.25) is 4.79 Å². The molecular formula is C11H13N3O5S. The van der Waals surface area contributed by atoms with Crippen LogP contribution in [-0.4, -0.2) is 37.5 Å². The number of rotatable bonds is 4. The van der Waals surface area contributed by atoms with Crippen LogP contribution >= 0.6 is 0 Å². The normalized spacial score (nSPS) is 13.3. The summed E-state index contributed by atoms with van der Waals surface area (Å²) in [5.74, 6) is -0.690. The van der Waals surface area contributed by atoms with Gasteiger partial charge in [0.05, 0.1) is 23.0 Å². The van der Waals surface area contributed by atoms with Crippen LogP contribution in [0, 0.1) is 0 Å². The molecule has 1 heterocycles. The lowest BCUT2D eigenvalue weighted by molar-refractivity contribution is -0.142. The van der Waals surface area contributed by atoms with E-state index in [-0.39, 0.29) is 4.90 Å². The minimum absolute atomic E-state index is 0.0593. The number of methoxy groups -OCH3 is 1. The first kappa shape index (κ1) is 14.3. The number of sulfonamides is 1. The maximum atomic E-state index is 12.1. The summed E-state index contributed by atoms with van der Waals surface area (Å²) in [6.07, 6.45) is 0. The molecule has 0 bridgehead atoms. The minimum Gasteiger partial charge on any atom is -0.468 e. The lowest BCUT2D eigenvalue weighted by atomic mass is 10.3. The molecule has 9 heteroatoms. The Bertz CT molecular complexity index is 805. The second kappa shape index (κ2) is 5.10. The molecule has 0 aliphatic rings. The van der Waals surface area contributed by atoms with Crippen molar-refractivity contribution in [1.82, 2.24) is 14.7 Å². The molecule has 1 atom stereocenters. The van der Waals surface area contributed by atoms with Crippen LogP contribution in [0.15, 0.2) is 27.9 Å². The first-order valence-corrected chi connectivity index (χ1v) is 7.14. The number of fused-ring (bicyclic) bond motifs is 1. The summed E-state index contributed by atoms with van der Waals surface area (Å²) < 4.78 is 30.8. The van der Waals surface area contributed by atoms with Crippen molar-refractivity contribution in [2.24, 2.45) is 0 Å². The number of hydrogen-bond donors (Lipinski definition) is 3. The molecule has 0 saturated heterocycles. The zero-order chi connectivity index (χ0) is 14.9. The van der Waals surface area contributed by atoms with Gasteiger partial charge in [-0.05, 0) is 25.1 Å². The number of benzene rings is 1. The lowest BCUT2D eigenvalue weighted by Crippen LogP contribution is -2.39. The number of aromatic nitrogens is 2. The van der Waals surface area contributed by atoms with Gasteiger partial charge in [-0.25, -0.2) is 13.2 Å². The zero-order valence-electron chi connectivity index (χ0n) is 10.8. The molecule has 0 spiro atoms. The second-order valence-corrected chi connectivity index (χ2v) is 5.87. The minimum atomic E-state index is -3.88. The van der Waals surface area contributed by atoms with Gasteiger partial charge >= 0.3 is 11.7 Å². The highest BCUT2D eigenvalue weighted by Crippen LogP contribution is 2.15. The van der Waals surface area contributed by atoms with Gasteiger partial charge in [0.15, 0.2) is 0 Å². The number of nitrogens with one attached hydrogen (secondary N) is 3. The van der Waals surface area contributed by atoms with E-state index in [0.29, 0.717) is 11.0 Å². The number of ether oxygens (including phenoxy) is 1. The van der Waals surface area contributed by atoms with E-state index in [4.69, 9.17) is 0 Å². The molecule has 1 aromatic heterocycles. The highest BCUT2D eigenvalue weighted by atomic mass is 32.2. The van der Waals surface area contributed by atoms with E-state index in [9.17, 15) is 18.0 Å². The van der Waals surface area contributed by atoms with Gasteiger partial charge in [0, 0.05) is 0 Å². The van der Waals surface area contributed by atoms with Crippen molar-refractivity contribution in [3.05, 3.63) is 28.7 Å². The van der Waals surface area contributed by atoms with Gasteiger partial charge in [-0.15, -0.1) is 0 Å². The number of carbonyl (C=O) groups excluding carboxylic acids is 1. The molecular weight excluding hydrogens is 286 g/mol. The largest absolute Gasteiger partial charge is 0.468 e. The molecule has 108 valence electrons. The molecule has 20 heavy (non-hydrogen) atoms. The van der Waals surface area contributed by atoms with Crippen molar-refractivity contribution < 1.29 is 17.9 Å². The number of esters is 1. The zero-order valence-corrected chi connectivity index (χ0v) is 11.6. The molecule has 1 unspecified atom stereocenters. The summed E-state index contributed by atoms with van der Waals surface area (Å²) in [6.45, 7) is 1.38. The molecule has 3 N–H and O–H groups in total. The summed E-state index contributed by atoms with van der Waals surface area (Å²) in [6, 6.07) is 3.09. The Morgan fingerprint density at radius 2 is 1.95 bits per heavy atom. The predicted molar refractivity (Wildman–Crippen MR) is 70.7 cm³/mol. The summed E-state index contributed by atoms with van der Waals surface area (Å²) in [5.41, 5.74) is 0.434. The third kappa shape index (κ3) is 2.73. The van der Waals surface area contributed by atoms with Crippen molar-refractivity contribution in [2.75, 3.05) is 7.11 Å². The van der Waals surface area contributed by atoms with Gasteiger partial charge in [-0.1, -0.05) is 0 Å². The average molecular weight is 299 g/mol. The Morgan fingerprint density at radius 1 is 1.30 bits per heavy atom. The smallest absolute Gasteiger partial charge is 0.323 e. The van der Waals surface area contributed by atoms with Crippen molar-refractivity contribution in [3.8, 4) is 0 Å². The van der Waals surface area contributed by atoms with Crippen LogP contribution in [0.2, 0.25) is 0 Å². The fourth-order valence-corrected chi connectivity index (χ4v) is 2.92. The average Bonchev–Trinajstić information content (AvgIpc) is 2.76. The summed E-state index contributed by atoms with van der Waals surface area (Å²) in [4.78, 5) is 27.3. The van der Waals surface area contributed by atoms with Gasteiger partial charge in [0.25, 0.3) is 0 Å². The van der Waals surface area contributed by atoms with E-state index in [2.05, 4.69) is 19.4 Å². The SMILES string of the molecule is COC(=O)C(C)NS(=O)(=O)c1ccc2[nH]c(=O)[nH]c2c1. The molecule has 8 nitrogen and oxygen atoms in total. The Labute approximate surface area is 114 Å². The quantitative estimate of drug-likeness (QED) is 0.669. The standard InChI is InChI=1S/C11H13N3O5S/c1-6(10(15)19-2)14-20(17,18)7-3-4-8-9(5-7)13-11(16)12-8/h3-6,14H,1-2H3,(H2,12,13,16). The number of aromatic amines is 2. The van der Waals surface area contributed by atoms with Crippen LogP contribution < -0.4 is 10.4 Å². The van der Waals surface area contributed by atoms with E-state index < -0.39 is 27.7 Å². The predicted octanol–water partition coefficient (Wildman–Crippen LogP) is -0.304. The fraction of sp³-hybridized carbons (Fsp3) is 0.273. The van der Waals surface area contributed by atoms with Crippen LogP contribution in [0.4, 0.5) is 0 Å². The molecule has 0 radical (unpaired) electrons. The molecule has 2 rings (SSSR count). The Morgan fingerprint density at radius 3 is 2.60 bits per heavy atom. The highest BCUT2D eigenvalue weighted by Gasteiger charge is 2.22. The number of imidazole rings is 1. The van der Waals surface area contributed by atoms with Crippen LogP contribution in [0.25, 0.3) is 11.0 Å². The Kier molecular flexibility index (Phi) is 3.64. The summed E-state index contributed by atoms with van der Waals surface area (Å²) in [5, 5.41) is 0. The molecule has 0 amide bonds. The molecule has 0 fully saturated rings. The van der Waals surface area contributed by atoms with E-state index in [1.54, 1.807) is 0 Å². The third-order valence-electron chi connectivity index (χ3n) is 2.68. The van der Waals surface area contributed by atoms with Crippen LogP contribution in [-0.2, 0) is 19.6 Å². The monoisotopic (exact) mass is 299 g/mol. The maximum absolute atomic E-state index is 12.1. The molecule has 0 saturated carbocycles. The second-order valence-electron chi connectivity index (χ2n) is 4.15. The maximum Gasteiger partial charge on any atom is 0.323 e. The molecule has 0 aliphatic heterocycles. The first-order valence-electron chi connectivity index (χ1n) is 5.65. The first-order chi connectivity index (χ1) is 9.33. The summed E-state index contributed by atoms with van der Waals surface area (Å²) >= 11 is 0. The highest BCUT2D eigenvalue weighted by molar-refractivity contribution is 7.89. The van der Waals surface area contributed by atoms with Gasteiger partial charge in [-0.2, -0.15) is 4.72 Å².